The second kappa shape index (κ2) is 8.96. The van der Waals surface area contributed by atoms with E-state index < -0.39 is 15.1 Å². The molecule has 0 spiro atoms. The van der Waals surface area contributed by atoms with E-state index in [4.69, 9.17) is 4.74 Å². The monoisotopic (exact) mass is 455 g/mol. The molecular formula is C23H25N3O5S. The summed E-state index contributed by atoms with van der Waals surface area (Å²) in [6, 6.07) is 10.9. The van der Waals surface area contributed by atoms with E-state index in [0.717, 1.165) is 0 Å². The number of rotatable bonds is 6. The molecule has 1 heterocycles. The Bertz CT molecular complexity index is 1310. The first-order chi connectivity index (χ1) is 15.0. The van der Waals surface area contributed by atoms with Gasteiger partial charge in [0.05, 0.1) is 10.1 Å². The van der Waals surface area contributed by atoms with Gasteiger partial charge in [0.2, 0.25) is 0 Å². The molecule has 0 saturated carbocycles. The van der Waals surface area contributed by atoms with Crippen LogP contribution in [0.1, 0.15) is 29.8 Å². The summed E-state index contributed by atoms with van der Waals surface area (Å²) in [5.74, 6) is 0.802. The van der Waals surface area contributed by atoms with Crippen molar-refractivity contribution < 1.29 is 17.9 Å². The van der Waals surface area contributed by atoms with Gasteiger partial charge in [0.1, 0.15) is 17.3 Å². The number of ether oxygens (including phenoxy) is 1. The minimum atomic E-state index is -3.39. The third kappa shape index (κ3) is 4.88. The van der Waals surface area contributed by atoms with Crippen LogP contribution >= 0.6 is 0 Å². The highest BCUT2D eigenvalue weighted by atomic mass is 32.2. The highest BCUT2D eigenvalue weighted by Crippen LogP contribution is 2.29. The van der Waals surface area contributed by atoms with E-state index in [1.165, 1.54) is 23.2 Å². The van der Waals surface area contributed by atoms with Gasteiger partial charge >= 0.3 is 0 Å². The zero-order valence-electron chi connectivity index (χ0n) is 18.5. The van der Waals surface area contributed by atoms with Crippen LogP contribution in [0.3, 0.4) is 0 Å². The zero-order chi connectivity index (χ0) is 23.6. The van der Waals surface area contributed by atoms with Crippen molar-refractivity contribution in [1.82, 2.24) is 14.9 Å². The summed E-state index contributed by atoms with van der Waals surface area (Å²) in [5.41, 5.74) is 1.06. The molecule has 168 valence electrons. The van der Waals surface area contributed by atoms with Crippen LogP contribution in [0.2, 0.25) is 0 Å². The minimum absolute atomic E-state index is 0.207. The van der Waals surface area contributed by atoms with Gasteiger partial charge in [-0.3, -0.25) is 9.59 Å². The summed E-state index contributed by atoms with van der Waals surface area (Å²) in [4.78, 5) is 33.2. The lowest BCUT2D eigenvalue weighted by Crippen LogP contribution is -2.21. The Labute approximate surface area is 186 Å². The second-order valence-corrected chi connectivity index (χ2v) is 10.4. The Kier molecular flexibility index (Phi) is 6.50. The maximum absolute atomic E-state index is 12.6. The van der Waals surface area contributed by atoms with E-state index in [1.54, 1.807) is 65.2 Å². The largest absolute Gasteiger partial charge is 0.457 e. The molecule has 9 heteroatoms. The van der Waals surface area contributed by atoms with Crippen molar-refractivity contribution in [2.24, 2.45) is 0 Å². The second-order valence-electron chi connectivity index (χ2n) is 7.86. The third-order valence-corrected chi connectivity index (χ3v) is 6.99. The molecule has 0 atom stereocenters. The molecule has 0 aliphatic carbocycles. The normalized spacial score (nSPS) is 11.4. The Morgan fingerprint density at radius 1 is 1.06 bits per heavy atom. The van der Waals surface area contributed by atoms with Gasteiger partial charge in [0, 0.05) is 37.0 Å². The number of aryl methyl sites for hydroxylation is 1. The fraction of sp³-hybridized carbons (Fsp3) is 0.261. The molecule has 2 aromatic carbocycles. The number of hydrogen-bond acceptors (Lipinski definition) is 6. The Balaban J connectivity index is 2.02. The van der Waals surface area contributed by atoms with Crippen LogP contribution < -0.4 is 10.3 Å². The summed E-state index contributed by atoms with van der Waals surface area (Å²) < 4.78 is 30.5. The maximum atomic E-state index is 12.6. The van der Waals surface area contributed by atoms with Crippen molar-refractivity contribution in [1.29, 1.82) is 0 Å². The number of sulfone groups is 1. The van der Waals surface area contributed by atoms with Crippen molar-refractivity contribution in [2.45, 2.75) is 30.9 Å². The van der Waals surface area contributed by atoms with Crippen LogP contribution in [-0.4, -0.2) is 48.5 Å². The van der Waals surface area contributed by atoms with Crippen LogP contribution in [0.5, 0.6) is 11.5 Å². The quantitative estimate of drug-likeness (QED) is 0.610. The average Bonchev–Trinajstić information content (AvgIpc) is 2.75. The van der Waals surface area contributed by atoms with Crippen LogP contribution in [0.25, 0.3) is 11.4 Å². The van der Waals surface area contributed by atoms with Crippen molar-refractivity contribution >= 4 is 15.7 Å². The van der Waals surface area contributed by atoms with Gasteiger partial charge < -0.3 is 14.6 Å². The van der Waals surface area contributed by atoms with Gasteiger partial charge in [-0.05, 0) is 63.2 Å². The summed E-state index contributed by atoms with van der Waals surface area (Å²) in [5, 5.41) is -0.533. The summed E-state index contributed by atoms with van der Waals surface area (Å²) >= 11 is 0. The number of carbonyl (C=O) groups excluding carboxylic acids is 1. The number of benzene rings is 2. The number of nitrogens with zero attached hydrogens (tertiary/aromatic N) is 2. The third-order valence-electron chi connectivity index (χ3n) is 4.82. The molecule has 3 rings (SSSR count). The lowest BCUT2D eigenvalue weighted by molar-refractivity contribution is 0.0827. The Morgan fingerprint density at radius 2 is 1.72 bits per heavy atom. The molecule has 0 aliphatic heterocycles. The van der Waals surface area contributed by atoms with Crippen molar-refractivity contribution in [3.63, 3.8) is 0 Å². The average molecular weight is 456 g/mol. The Morgan fingerprint density at radius 3 is 2.28 bits per heavy atom. The molecule has 0 saturated heterocycles. The number of aromatic nitrogens is 2. The van der Waals surface area contributed by atoms with E-state index in [2.05, 4.69) is 9.97 Å². The fourth-order valence-corrected chi connectivity index (χ4v) is 3.95. The lowest BCUT2D eigenvalue weighted by Gasteiger charge is -2.14. The van der Waals surface area contributed by atoms with Crippen LogP contribution in [-0.2, 0) is 9.84 Å². The SMILES string of the molecule is Cc1cnc(-c2cc(Oc3ccc(S(=O)(=O)C(C)C)cc3)cc(C(=O)N(C)C)c2)[nH]c1=O. The molecular weight excluding hydrogens is 430 g/mol. The molecule has 0 bridgehead atoms. The van der Waals surface area contributed by atoms with E-state index in [1.807, 2.05) is 0 Å². The topological polar surface area (TPSA) is 109 Å². The molecule has 1 amide bonds. The number of aromatic amines is 1. The molecule has 32 heavy (non-hydrogen) atoms. The number of H-pyrrole nitrogens is 1. The molecule has 0 aliphatic rings. The first-order valence-electron chi connectivity index (χ1n) is 9.94. The van der Waals surface area contributed by atoms with Gasteiger partial charge in [-0.25, -0.2) is 13.4 Å². The fourth-order valence-electron chi connectivity index (χ4n) is 2.89. The van der Waals surface area contributed by atoms with E-state index in [0.29, 0.717) is 34.0 Å². The zero-order valence-corrected chi connectivity index (χ0v) is 19.4. The van der Waals surface area contributed by atoms with Gasteiger partial charge in [-0.15, -0.1) is 0 Å². The van der Waals surface area contributed by atoms with Gasteiger partial charge in [-0.1, -0.05) is 0 Å². The van der Waals surface area contributed by atoms with E-state index in [9.17, 15) is 18.0 Å². The van der Waals surface area contributed by atoms with Gasteiger partial charge in [0.25, 0.3) is 11.5 Å². The van der Waals surface area contributed by atoms with Crippen LogP contribution in [0.15, 0.2) is 58.4 Å². The molecule has 0 radical (unpaired) electrons. The highest BCUT2D eigenvalue weighted by molar-refractivity contribution is 7.92. The number of carbonyl (C=O) groups is 1. The summed E-state index contributed by atoms with van der Waals surface area (Å²) in [6.07, 6.45) is 1.46. The lowest BCUT2D eigenvalue weighted by atomic mass is 10.1. The van der Waals surface area contributed by atoms with Crippen molar-refractivity contribution in [3.05, 3.63) is 70.1 Å². The first kappa shape index (κ1) is 23.2. The van der Waals surface area contributed by atoms with E-state index in [-0.39, 0.29) is 16.4 Å². The molecule has 1 aromatic heterocycles. The number of hydrogen-bond donors (Lipinski definition) is 1. The molecule has 0 unspecified atom stereocenters. The summed E-state index contributed by atoms with van der Waals surface area (Å²) in [7, 11) is -0.123. The molecule has 1 N–H and O–H groups in total. The van der Waals surface area contributed by atoms with Crippen LogP contribution in [0.4, 0.5) is 0 Å². The summed E-state index contributed by atoms with van der Waals surface area (Å²) in [6.45, 7) is 4.90. The number of nitrogens with one attached hydrogen (secondary N) is 1. The highest BCUT2D eigenvalue weighted by Gasteiger charge is 2.19. The predicted octanol–water partition coefficient (Wildman–Crippen LogP) is 3.42. The molecule has 3 aromatic rings. The molecule has 8 nitrogen and oxygen atoms in total. The smallest absolute Gasteiger partial charge is 0.254 e. The first-order valence-corrected chi connectivity index (χ1v) is 11.5. The minimum Gasteiger partial charge on any atom is -0.457 e. The van der Waals surface area contributed by atoms with Gasteiger partial charge in [-0.2, -0.15) is 0 Å². The van der Waals surface area contributed by atoms with Gasteiger partial charge in [0.15, 0.2) is 9.84 Å². The molecule has 0 fully saturated rings. The maximum Gasteiger partial charge on any atom is 0.254 e. The number of amides is 1. The predicted molar refractivity (Wildman–Crippen MR) is 122 cm³/mol. The van der Waals surface area contributed by atoms with Crippen molar-refractivity contribution in [3.8, 4) is 22.9 Å². The van der Waals surface area contributed by atoms with Crippen LogP contribution in [0, 0.1) is 6.92 Å². The Hall–Kier alpha value is -3.46. The van der Waals surface area contributed by atoms with E-state index >= 15 is 0 Å². The van der Waals surface area contributed by atoms with Crippen molar-refractivity contribution in [2.75, 3.05) is 14.1 Å². The standard InChI is InChI=1S/C23H25N3O5S/c1-14(2)32(29,30)20-8-6-18(7-9-20)31-19-11-16(10-17(12-19)23(28)26(4)5)21-24-13-15(3)22(27)25-21/h6-14H,1-5H3,(H,24,25,27).